The summed E-state index contributed by atoms with van der Waals surface area (Å²) >= 11 is 6.61. The zero-order chi connectivity index (χ0) is 24.1. The summed E-state index contributed by atoms with van der Waals surface area (Å²) in [6, 6.07) is 8.33. The minimum absolute atomic E-state index is 0.0179. The van der Waals surface area contributed by atoms with Crippen molar-refractivity contribution in [1.82, 2.24) is 25.1 Å². The van der Waals surface area contributed by atoms with Crippen LogP contribution in [0, 0.1) is 12.8 Å². The predicted molar refractivity (Wildman–Crippen MR) is 130 cm³/mol. The van der Waals surface area contributed by atoms with Gasteiger partial charge in [-0.2, -0.15) is 0 Å². The van der Waals surface area contributed by atoms with Crippen LogP contribution in [0.15, 0.2) is 24.3 Å². The Morgan fingerprint density at radius 2 is 1.69 bits per heavy atom. The fraction of sp³-hybridized carbons (Fsp3) is 0.560. The van der Waals surface area contributed by atoms with Crippen molar-refractivity contribution in [3.05, 3.63) is 51.9 Å². The monoisotopic (exact) mass is 457 g/mol. The Labute approximate surface area is 196 Å². The van der Waals surface area contributed by atoms with Gasteiger partial charge < -0.3 is 5.32 Å². The molecule has 0 saturated heterocycles. The summed E-state index contributed by atoms with van der Waals surface area (Å²) in [6.45, 7) is 18.5. The SMILES string of the molecule is Cc1ccc(CC(C)C(=O)NC(C)(C)C(C)(C)c2nnc3c(Cl)c(C(C)(C)C)[nH]n23)cc1. The topological polar surface area (TPSA) is 75.1 Å². The lowest BCUT2D eigenvalue weighted by Crippen LogP contribution is -2.57. The molecule has 0 fully saturated rings. The van der Waals surface area contributed by atoms with E-state index in [1.165, 1.54) is 5.56 Å². The highest BCUT2D eigenvalue weighted by Crippen LogP contribution is 2.37. The number of nitrogens with one attached hydrogen (secondary N) is 2. The fourth-order valence-corrected chi connectivity index (χ4v) is 4.19. The van der Waals surface area contributed by atoms with Gasteiger partial charge in [-0.25, -0.2) is 4.52 Å². The molecular weight excluding hydrogens is 422 g/mol. The molecule has 2 heterocycles. The van der Waals surface area contributed by atoms with Crippen molar-refractivity contribution in [3.63, 3.8) is 0 Å². The number of hydrogen-bond donors (Lipinski definition) is 2. The second-order valence-electron chi connectivity index (χ2n) is 11.1. The Hall–Kier alpha value is -2.34. The Kier molecular flexibility index (Phi) is 6.24. The fourth-order valence-electron chi connectivity index (χ4n) is 3.74. The molecule has 3 aromatic rings. The van der Waals surface area contributed by atoms with E-state index in [2.05, 4.69) is 86.4 Å². The normalized spacial score (nSPS) is 14.1. The summed E-state index contributed by atoms with van der Waals surface area (Å²) in [6.07, 6.45) is 0.693. The molecule has 0 aliphatic rings. The van der Waals surface area contributed by atoms with Gasteiger partial charge in [0.25, 0.3) is 0 Å². The molecule has 1 amide bonds. The third-order valence-electron chi connectivity index (χ3n) is 6.72. The minimum Gasteiger partial charge on any atom is -0.350 e. The van der Waals surface area contributed by atoms with Gasteiger partial charge >= 0.3 is 0 Å². The van der Waals surface area contributed by atoms with Gasteiger partial charge in [-0.1, -0.05) is 83.0 Å². The molecule has 0 bridgehead atoms. The van der Waals surface area contributed by atoms with Crippen molar-refractivity contribution in [2.75, 3.05) is 0 Å². The summed E-state index contributed by atoms with van der Waals surface area (Å²) in [5.74, 6) is 0.587. The van der Waals surface area contributed by atoms with E-state index in [1.54, 1.807) is 0 Å². The number of aryl methyl sites for hydroxylation is 1. The Bertz CT molecular complexity index is 1120. The van der Waals surface area contributed by atoms with Crippen molar-refractivity contribution in [2.24, 2.45) is 5.92 Å². The number of aromatic amines is 1. The summed E-state index contributed by atoms with van der Waals surface area (Å²) in [5.41, 5.74) is 2.61. The van der Waals surface area contributed by atoms with Gasteiger partial charge in [-0.15, -0.1) is 10.2 Å². The van der Waals surface area contributed by atoms with E-state index in [-0.39, 0.29) is 17.2 Å². The molecular formula is C25H36ClN5O. The van der Waals surface area contributed by atoms with Gasteiger partial charge in [0.1, 0.15) is 5.02 Å². The lowest BCUT2D eigenvalue weighted by Gasteiger charge is -2.41. The van der Waals surface area contributed by atoms with Crippen LogP contribution in [0.1, 0.15) is 78.0 Å². The van der Waals surface area contributed by atoms with Crippen LogP contribution in [-0.2, 0) is 22.0 Å². The molecule has 174 valence electrons. The van der Waals surface area contributed by atoms with E-state index in [0.29, 0.717) is 17.1 Å². The number of benzene rings is 1. The molecule has 0 radical (unpaired) electrons. The highest BCUT2D eigenvalue weighted by atomic mass is 35.5. The molecule has 3 rings (SSSR count). The first kappa shape index (κ1) is 24.3. The van der Waals surface area contributed by atoms with E-state index < -0.39 is 11.0 Å². The molecule has 0 saturated carbocycles. The van der Waals surface area contributed by atoms with Gasteiger partial charge in [0.2, 0.25) is 5.91 Å². The van der Waals surface area contributed by atoms with Gasteiger partial charge in [0.15, 0.2) is 11.5 Å². The first-order valence-electron chi connectivity index (χ1n) is 11.2. The van der Waals surface area contributed by atoms with E-state index in [9.17, 15) is 4.79 Å². The maximum Gasteiger partial charge on any atom is 0.223 e. The first-order chi connectivity index (χ1) is 14.6. The third kappa shape index (κ3) is 4.42. The number of amides is 1. The second kappa shape index (κ2) is 8.22. The number of H-pyrrole nitrogens is 1. The molecule has 0 spiro atoms. The highest BCUT2D eigenvalue weighted by Gasteiger charge is 2.44. The molecule has 7 heteroatoms. The first-order valence-corrected chi connectivity index (χ1v) is 11.5. The van der Waals surface area contributed by atoms with Crippen molar-refractivity contribution < 1.29 is 4.79 Å². The maximum absolute atomic E-state index is 13.1. The summed E-state index contributed by atoms with van der Waals surface area (Å²) in [4.78, 5) is 13.1. The largest absolute Gasteiger partial charge is 0.350 e. The third-order valence-corrected chi connectivity index (χ3v) is 7.08. The van der Waals surface area contributed by atoms with E-state index in [0.717, 1.165) is 17.1 Å². The van der Waals surface area contributed by atoms with Crippen LogP contribution in [0.2, 0.25) is 5.02 Å². The van der Waals surface area contributed by atoms with Crippen LogP contribution in [-0.4, -0.2) is 31.3 Å². The lowest BCUT2D eigenvalue weighted by molar-refractivity contribution is -0.126. The van der Waals surface area contributed by atoms with E-state index in [4.69, 9.17) is 11.6 Å². The van der Waals surface area contributed by atoms with Crippen molar-refractivity contribution >= 4 is 23.2 Å². The highest BCUT2D eigenvalue weighted by molar-refractivity contribution is 6.34. The van der Waals surface area contributed by atoms with Crippen LogP contribution in [0.4, 0.5) is 0 Å². The van der Waals surface area contributed by atoms with Gasteiger partial charge in [-0.05, 0) is 32.8 Å². The van der Waals surface area contributed by atoms with Crippen LogP contribution >= 0.6 is 11.6 Å². The smallest absolute Gasteiger partial charge is 0.223 e. The quantitative estimate of drug-likeness (QED) is 0.522. The summed E-state index contributed by atoms with van der Waals surface area (Å²) < 4.78 is 1.85. The molecule has 32 heavy (non-hydrogen) atoms. The molecule has 2 N–H and O–H groups in total. The summed E-state index contributed by atoms with van der Waals surface area (Å²) in [5, 5.41) is 16.0. The zero-order valence-corrected chi connectivity index (χ0v) is 21.5. The molecule has 2 aromatic heterocycles. The van der Waals surface area contributed by atoms with E-state index in [1.807, 2.05) is 25.3 Å². The molecule has 6 nitrogen and oxygen atoms in total. The maximum atomic E-state index is 13.1. The number of nitrogens with zero attached hydrogens (tertiary/aromatic N) is 3. The number of carbonyl (C=O) groups is 1. The van der Waals surface area contributed by atoms with Gasteiger partial charge in [0, 0.05) is 22.3 Å². The van der Waals surface area contributed by atoms with Crippen molar-refractivity contribution in [3.8, 4) is 0 Å². The number of rotatable bonds is 6. The average Bonchev–Trinajstić information content (AvgIpc) is 3.23. The van der Waals surface area contributed by atoms with Crippen LogP contribution in [0.5, 0.6) is 0 Å². The number of hydrogen-bond acceptors (Lipinski definition) is 3. The Balaban J connectivity index is 1.85. The second-order valence-corrected chi connectivity index (χ2v) is 11.4. The molecule has 1 aromatic carbocycles. The molecule has 0 aliphatic heterocycles. The lowest BCUT2D eigenvalue weighted by atomic mass is 9.73. The van der Waals surface area contributed by atoms with Crippen LogP contribution < -0.4 is 5.32 Å². The average molecular weight is 458 g/mol. The van der Waals surface area contributed by atoms with Gasteiger partial charge in [-0.3, -0.25) is 9.89 Å². The van der Waals surface area contributed by atoms with Crippen LogP contribution in [0.3, 0.4) is 0 Å². The summed E-state index contributed by atoms with van der Waals surface area (Å²) in [7, 11) is 0. The number of aromatic nitrogens is 4. The number of carbonyl (C=O) groups excluding carboxylic acids is 1. The minimum atomic E-state index is -0.589. The molecule has 1 unspecified atom stereocenters. The Morgan fingerprint density at radius 3 is 2.25 bits per heavy atom. The van der Waals surface area contributed by atoms with Crippen LogP contribution in [0.25, 0.3) is 5.65 Å². The Morgan fingerprint density at radius 1 is 1.09 bits per heavy atom. The molecule has 0 aliphatic carbocycles. The predicted octanol–water partition coefficient (Wildman–Crippen LogP) is 5.37. The van der Waals surface area contributed by atoms with Gasteiger partial charge in [0.05, 0.1) is 5.69 Å². The number of halogens is 1. The molecule has 1 atom stereocenters. The number of fused-ring (bicyclic) bond motifs is 1. The zero-order valence-electron chi connectivity index (χ0n) is 20.7. The van der Waals surface area contributed by atoms with E-state index >= 15 is 0 Å². The van der Waals surface area contributed by atoms with Crippen molar-refractivity contribution in [1.29, 1.82) is 0 Å². The standard InChI is InChI=1S/C25H36ClN5O/c1-15-10-12-17(13-11-15)14-16(2)21(32)27-25(8,9)24(6,7)22-29-28-20-18(26)19(23(3,4)5)30-31(20)22/h10-13,16,30H,14H2,1-9H3,(H,27,32). The van der Waals surface area contributed by atoms with Crippen molar-refractivity contribution in [2.45, 2.75) is 85.1 Å².